The molecule has 0 fully saturated rings. The highest BCUT2D eigenvalue weighted by Crippen LogP contribution is 2.17. The minimum atomic E-state index is -4.23. The number of carbonyl (C=O) groups excluding carboxylic acids is 2. The number of nitrogens with one attached hydrogen (secondary N) is 4. The number of carbonyl (C=O) groups is 2. The zero-order valence-electron chi connectivity index (χ0n) is 21.0. The van der Waals surface area contributed by atoms with Crippen molar-refractivity contribution in [2.75, 3.05) is 5.32 Å². The fourth-order valence-corrected chi connectivity index (χ4v) is 5.15. The van der Waals surface area contributed by atoms with Crippen molar-refractivity contribution in [3.05, 3.63) is 90.0 Å². The van der Waals surface area contributed by atoms with Crippen molar-refractivity contribution >= 4 is 43.6 Å². The third kappa shape index (κ3) is 8.28. The van der Waals surface area contributed by atoms with Gasteiger partial charge in [0, 0.05) is 12.1 Å². The molecule has 1 atom stereocenters. The highest BCUT2D eigenvalue weighted by atomic mass is 32.2. The molecule has 0 spiro atoms. The number of anilines is 1. The summed E-state index contributed by atoms with van der Waals surface area (Å²) in [5, 5.41) is 15.4. The van der Waals surface area contributed by atoms with Gasteiger partial charge in [0.05, 0.1) is 9.79 Å². The van der Waals surface area contributed by atoms with E-state index >= 15 is 0 Å². The molecule has 208 valence electrons. The van der Waals surface area contributed by atoms with Gasteiger partial charge in [0.1, 0.15) is 6.04 Å². The Kier molecular flexibility index (Phi) is 9.43. The van der Waals surface area contributed by atoms with Crippen molar-refractivity contribution in [2.24, 2.45) is 10.1 Å². The second-order valence-corrected chi connectivity index (χ2v) is 11.6. The lowest BCUT2D eigenvalue weighted by molar-refractivity contribution is -0.117. The Balaban J connectivity index is 1.76. The van der Waals surface area contributed by atoms with Crippen molar-refractivity contribution in [3.63, 3.8) is 0 Å². The van der Waals surface area contributed by atoms with E-state index < -0.39 is 44.0 Å². The van der Waals surface area contributed by atoms with Crippen LogP contribution in [-0.2, 0) is 31.3 Å². The number of hydrogen-bond donors (Lipinski definition) is 5. The van der Waals surface area contributed by atoms with Crippen LogP contribution >= 0.6 is 0 Å². The number of guanidine groups is 1. The van der Waals surface area contributed by atoms with Crippen LogP contribution < -0.4 is 26.4 Å². The maximum Gasteiger partial charge on any atom is 0.329 e. The lowest BCUT2D eigenvalue weighted by Crippen LogP contribution is -2.50. The van der Waals surface area contributed by atoms with Crippen molar-refractivity contribution in [1.82, 2.24) is 15.4 Å². The third-order valence-corrected chi connectivity index (χ3v) is 7.94. The zero-order chi connectivity index (χ0) is 29.3. The fraction of sp³-hybridized carbons (Fsp3) is 0.120. The van der Waals surface area contributed by atoms with E-state index in [2.05, 4.69) is 15.0 Å². The largest absolute Gasteiger partial charge is 0.368 e. The lowest BCUT2D eigenvalue weighted by atomic mass is 10.1. The van der Waals surface area contributed by atoms with Gasteiger partial charge in [-0.2, -0.15) is 13.7 Å². The summed E-state index contributed by atoms with van der Waals surface area (Å²) in [6.07, 6.45) is 1.48. The minimum Gasteiger partial charge on any atom is -0.368 e. The van der Waals surface area contributed by atoms with Gasteiger partial charge in [0.15, 0.2) is 6.19 Å². The number of urea groups is 1. The molecule has 13 nitrogen and oxygen atoms in total. The molecule has 0 saturated heterocycles. The van der Waals surface area contributed by atoms with Crippen LogP contribution in [0.5, 0.6) is 0 Å². The molecule has 0 heterocycles. The van der Waals surface area contributed by atoms with E-state index in [-0.39, 0.29) is 21.9 Å². The van der Waals surface area contributed by atoms with Crippen molar-refractivity contribution in [1.29, 1.82) is 5.26 Å². The second-order valence-electron chi connectivity index (χ2n) is 8.34. The molecule has 0 aliphatic rings. The molecular weight excluding hydrogens is 558 g/mol. The normalized spacial score (nSPS) is 12.4. The predicted molar refractivity (Wildman–Crippen MR) is 147 cm³/mol. The van der Waals surface area contributed by atoms with E-state index in [0.29, 0.717) is 5.56 Å². The summed E-state index contributed by atoms with van der Waals surface area (Å²) in [5.74, 6) is -1.31. The number of aryl methyl sites for hydroxylation is 1. The van der Waals surface area contributed by atoms with Gasteiger partial charge in [0.2, 0.25) is 11.9 Å². The van der Waals surface area contributed by atoms with Gasteiger partial charge in [-0.3, -0.25) is 10.1 Å². The van der Waals surface area contributed by atoms with Gasteiger partial charge >= 0.3 is 6.03 Å². The van der Waals surface area contributed by atoms with Gasteiger partial charge in [0.25, 0.3) is 20.0 Å². The molecule has 6 N–H and O–H groups in total. The summed E-state index contributed by atoms with van der Waals surface area (Å²) in [7, 11) is -8.43. The van der Waals surface area contributed by atoms with Crippen LogP contribution in [0.2, 0.25) is 0 Å². The predicted octanol–water partition coefficient (Wildman–Crippen LogP) is 1.31. The Hall–Kier alpha value is -4.94. The first-order chi connectivity index (χ1) is 18.9. The summed E-state index contributed by atoms with van der Waals surface area (Å²) < 4.78 is 55.0. The molecule has 15 heteroatoms. The molecule has 0 radical (unpaired) electrons. The number of rotatable bonds is 9. The Morgan fingerprint density at radius 2 is 1.52 bits per heavy atom. The van der Waals surface area contributed by atoms with Crippen molar-refractivity contribution in [3.8, 4) is 6.19 Å². The molecule has 0 bridgehead atoms. The molecule has 0 aromatic heterocycles. The van der Waals surface area contributed by atoms with Crippen LogP contribution in [0.3, 0.4) is 0 Å². The van der Waals surface area contributed by atoms with Crippen molar-refractivity contribution < 1.29 is 26.4 Å². The van der Waals surface area contributed by atoms with E-state index in [0.717, 1.165) is 17.7 Å². The number of hydrogen-bond acceptors (Lipinski definition) is 7. The standard InChI is InChI=1S/C25H25N7O6S2/c1-17-7-11-20(12-8-17)40(37,38)32-25(34)30-22(15-18-5-3-2-4-6-18)23(33)29-19-9-13-21(14-10-19)39(35,36)31-24(27)28-16-26/h2-14,22H,15H2,1H3,(H,29,33)(H3,27,28,31)(H2,30,32,34)/t22-/m1/s1. The SMILES string of the molecule is Cc1ccc(S(=O)(=O)NC(=O)N[C@H](Cc2ccccc2)C(=O)Nc2ccc(S(=O)(=O)/N=C(\N)NC#N)cc2)cc1. The number of sulfonamides is 2. The minimum absolute atomic E-state index is 0.0248. The molecule has 0 aliphatic heterocycles. The molecule has 0 aliphatic carbocycles. The molecule has 3 aromatic carbocycles. The average Bonchev–Trinajstić information content (AvgIpc) is 2.89. The highest BCUT2D eigenvalue weighted by molar-refractivity contribution is 7.90. The van der Waals surface area contributed by atoms with Gasteiger partial charge < -0.3 is 16.4 Å². The van der Waals surface area contributed by atoms with E-state index in [1.807, 2.05) is 10.0 Å². The summed E-state index contributed by atoms with van der Waals surface area (Å²) in [5.41, 5.74) is 7.03. The molecule has 0 unspecified atom stereocenters. The molecule has 3 aromatic rings. The fourth-order valence-electron chi connectivity index (χ4n) is 3.35. The third-order valence-electron chi connectivity index (χ3n) is 5.29. The molecular formula is C25H25N7O6S2. The van der Waals surface area contributed by atoms with Gasteiger partial charge in [-0.1, -0.05) is 48.0 Å². The number of nitrogens with two attached hydrogens (primary N) is 1. The first-order valence-electron chi connectivity index (χ1n) is 11.5. The Morgan fingerprint density at radius 1 is 0.925 bits per heavy atom. The van der Waals surface area contributed by atoms with Crippen LogP contribution in [0.15, 0.2) is 93.1 Å². The van der Waals surface area contributed by atoms with Crippen LogP contribution in [0.25, 0.3) is 0 Å². The van der Waals surface area contributed by atoms with E-state index in [4.69, 9.17) is 11.0 Å². The molecule has 3 rings (SSSR count). The van der Waals surface area contributed by atoms with Crippen LogP contribution in [0.1, 0.15) is 11.1 Å². The van der Waals surface area contributed by atoms with Crippen LogP contribution in [0.4, 0.5) is 10.5 Å². The van der Waals surface area contributed by atoms with Gasteiger partial charge in [-0.25, -0.2) is 17.9 Å². The van der Waals surface area contributed by atoms with Gasteiger partial charge in [-0.15, -0.1) is 4.40 Å². The number of nitrogens with zero attached hydrogens (tertiary/aromatic N) is 2. The van der Waals surface area contributed by atoms with Crippen LogP contribution in [0, 0.1) is 18.4 Å². The zero-order valence-corrected chi connectivity index (χ0v) is 22.7. The quantitative estimate of drug-likeness (QED) is 0.106. The number of amides is 3. The summed E-state index contributed by atoms with van der Waals surface area (Å²) in [4.78, 5) is 25.4. The topological polar surface area (TPSA) is 213 Å². The Bertz CT molecular complexity index is 1650. The first kappa shape index (κ1) is 29.6. The van der Waals surface area contributed by atoms with E-state index in [1.165, 1.54) is 30.5 Å². The maximum absolute atomic E-state index is 13.1. The summed E-state index contributed by atoms with van der Waals surface area (Å²) in [6.45, 7) is 1.79. The summed E-state index contributed by atoms with van der Waals surface area (Å²) in [6, 6.07) is 17.2. The Morgan fingerprint density at radius 3 is 2.12 bits per heavy atom. The van der Waals surface area contributed by atoms with Gasteiger partial charge in [-0.05, 0) is 48.9 Å². The highest BCUT2D eigenvalue weighted by Gasteiger charge is 2.25. The smallest absolute Gasteiger partial charge is 0.329 e. The van der Waals surface area contributed by atoms with Crippen LogP contribution in [-0.4, -0.2) is 40.8 Å². The lowest BCUT2D eigenvalue weighted by Gasteiger charge is -2.19. The summed E-state index contributed by atoms with van der Waals surface area (Å²) >= 11 is 0. The first-order valence-corrected chi connectivity index (χ1v) is 14.4. The average molecular weight is 584 g/mol. The van der Waals surface area contributed by atoms with E-state index in [1.54, 1.807) is 49.4 Å². The molecule has 0 saturated carbocycles. The molecule has 3 amide bonds. The second kappa shape index (κ2) is 12.7. The van der Waals surface area contributed by atoms with Crippen molar-refractivity contribution in [2.45, 2.75) is 29.2 Å². The number of nitriles is 1. The number of benzene rings is 3. The van der Waals surface area contributed by atoms with E-state index in [9.17, 15) is 26.4 Å². The molecule has 40 heavy (non-hydrogen) atoms. The Labute approximate surface area is 231 Å². The maximum atomic E-state index is 13.1. The monoisotopic (exact) mass is 583 g/mol.